The van der Waals surface area contributed by atoms with Gasteiger partial charge in [-0.15, -0.1) is 0 Å². The Bertz CT molecular complexity index is 10300. The van der Waals surface area contributed by atoms with Gasteiger partial charge in [-0.05, 0) is 274 Å². The van der Waals surface area contributed by atoms with Gasteiger partial charge in [-0.3, -0.25) is 0 Å². The summed E-state index contributed by atoms with van der Waals surface area (Å²) in [5.74, 6) is 0. The molecule has 0 fully saturated rings. The Morgan fingerprint density at radius 3 is 0.683 bits per heavy atom. The van der Waals surface area contributed by atoms with Crippen molar-refractivity contribution in [1.82, 2.24) is 0 Å². The first-order valence-corrected chi connectivity index (χ1v) is 49.9. The summed E-state index contributed by atoms with van der Waals surface area (Å²) in [5, 5.41) is 31.7. The lowest BCUT2D eigenvalue weighted by Gasteiger charge is -2.20. The molecule has 0 aliphatic carbocycles. The minimum atomic E-state index is 0.912. The fraction of sp³-hybridized carbons (Fsp3) is 0. The number of furan rings is 3. The van der Waals surface area contributed by atoms with Crippen LogP contribution in [0.2, 0.25) is 0 Å². The highest BCUT2D eigenvalue weighted by atomic mass is 16.3. The highest BCUT2D eigenvalue weighted by Gasteiger charge is 2.27. The summed E-state index contributed by atoms with van der Waals surface area (Å²) in [6, 6.07) is 193. The van der Waals surface area contributed by atoms with Crippen molar-refractivity contribution < 1.29 is 13.3 Å². The zero-order valence-electron chi connectivity index (χ0n) is 79.0. The van der Waals surface area contributed by atoms with Crippen LogP contribution in [0.5, 0.6) is 0 Å². The van der Waals surface area contributed by atoms with Crippen molar-refractivity contribution in [2.45, 2.75) is 0 Å². The molecule has 3 aromatic heterocycles. The van der Waals surface area contributed by atoms with E-state index in [-0.39, 0.29) is 0 Å². The zero-order chi connectivity index (χ0) is 95.5. The van der Waals surface area contributed by atoms with Gasteiger partial charge in [0.05, 0.1) is 0 Å². The van der Waals surface area contributed by atoms with Crippen molar-refractivity contribution in [3.63, 3.8) is 0 Å². The third kappa shape index (κ3) is 14.3. The molecule has 0 radical (unpaired) electrons. The molecule has 145 heavy (non-hydrogen) atoms. The lowest BCUT2D eigenvalue weighted by Crippen LogP contribution is -1.93. The van der Waals surface area contributed by atoms with E-state index in [0.717, 1.165) is 83.0 Å². The van der Waals surface area contributed by atoms with Crippen LogP contribution in [-0.2, 0) is 0 Å². The van der Waals surface area contributed by atoms with Crippen LogP contribution in [-0.4, -0.2) is 0 Å². The van der Waals surface area contributed by atoms with E-state index in [2.05, 4.69) is 516 Å². The van der Waals surface area contributed by atoms with Gasteiger partial charge in [-0.25, -0.2) is 0 Å². The Kier molecular flexibility index (Phi) is 20.3. The maximum Gasteiger partial charge on any atom is 0.143 e. The number of hydrogen-bond donors (Lipinski definition) is 0. The molecule has 3 heteroatoms. The molecule has 3 heterocycles. The molecule has 0 unspecified atom stereocenters. The van der Waals surface area contributed by atoms with Crippen molar-refractivity contribution in [2.75, 3.05) is 0 Å². The van der Waals surface area contributed by atoms with Crippen LogP contribution in [0.25, 0.3) is 296 Å². The van der Waals surface area contributed by atoms with Crippen LogP contribution in [0.3, 0.4) is 0 Å². The first kappa shape index (κ1) is 84.0. The molecular formula is C142H88O3. The average Bonchev–Trinajstić information content (AvgIpc) is 1.54. The fourth-order valence-electron chi connectivity index (χ4n) is 23.5. The average molecular weight is 1840 g/mol. The van der Waals surface area contributed by atoms with E-state index in [0.29, 0.717) is 0 Å². The molecule has 0 aliphatic heterocycles. The van der Waals surface area contributed by atoms with E-state index in [4.69, 9.17) is 13.3 Å². The van der Waals surface area contributed by atoms with Crippen molar-refractivity contribution in [2.24, 2.45) is 0 Å². The third-order valence-corrected chi connectivity index (χ3v) is 29.9. The Morgan fingerprint density at radius 2 is 0.331 bits per heavy atom. The molecule has 3 nitrogen and oxygen atoms in total. The molecule has 30 rings (SSSR count). The summed E-state index contributed by atoms with van der Waals surface area (Å²) in [6.45, 7) is 0. The standard InChI is InChI=1S/2C48H30O.C46H28O/c1-2-13-31(14-3-1)32-25-27-33(28-26-32)45-38-19-6-8-21-40(38)46(41-22-9-7-20-39(41)45)36-17-12-16-34(29-36)43-30-35-15-4-5-18-37(35)47-42-23-10-11-24-44(42)49-48(43)47;1-2-15-31(16-3-1)35-20-6-7-22-37(35)46-40-25-10-8-23-38(40)45(39-24-9-11-26-41(39)46)34-19-14-18-32(29-34)43-30-33-17-4-5-21-36(33)47-42-27-12-13-28-44(42)49-48(43)47;1-2-13-30-26-34(25-24-29(30)12-1)44-38-20-7-5-18-36(38)43(37-19-6-8-21-39(37)44)33-16-11-15-31(27-33)41-28-32-14-3-4-17-35(32)45-40-22-9-10-23-42(40)47-46(41)45/h2*1-30H;1-28H. The molecule has 0 spiro atoms. The second-order valence-corrected chi connectivity index (χ2v) is 38.0. The van der Waals surface area contributed by atoms with Gasteiger partial charge in [0.1, 0.15) is 33.5 Å². The Hall–Kier alpha value is -19.1. The largest absolute Gasteiger partial charge is 0.455 e. The first-order chi connectivity index (χ1) is 72.0. The number of benzene rings is 27. The Morgan fingerprint density at radius 1 is 0.103 bits per heavy atom. The van der Waals surface area contributed by atoms with Gasteiger partial charge in [0.25, 0.3) is 0 Å². The molecule has 0 saturated carbocycles. The van der Waals surface area contributed by atoms with E-state index in [9.17, 15) is 0 Å². The van der Waals surface area contributed by atoms with Crippen LogP contribution in [0, 0.1) is 0 Å². The Labute approximate surface area is 836 Å². The molecule has 674 valence electrons. The smallest absolute Gasteiger partial charge is 0.143 e. The molecule has 0 amide bonds. The maximum absolute atomic E-state index is 6.64. The molecule has 0 aliphatic rings. The van der Waals surface area contributed by atoms with Gasteiger partial charge in [0.2, 0.25) is 0 Å². The summed E-state index contributed by atoms with van der Waals surface area (Å²) >= 11 is 0. The second-order valence-electron chi connectivity index (χ2n) is 38.0. The fourth-order valence-corrected chi connectivity index (χ4v) is 23.5. The second kappa shape index (κ2) is 35.1. The van der Waals surface area contributed by atoms with Gasteiger partial charge in [0.15, 0.2) is 0 Å². The summed E-state index contributed by atoms with van der Waals surface area (Å²) in [6.07, 6.45) is 0. The van der Waals surface area contributed by atoms with E-state index in [1.54, 1.807) is 0 Å². The van der Waals surface area contributed by atoms with Crippen LogP contribution in [0.15, 0.2) is 547 Å². The number of fused-ring (bicyclic) bond motifs is 22. The molecule has 0 atom stereocenters. The van der Waals surface area contributed by atoms with Gasteiger partial charge < -0.3 is 13.3 Å². The summed E-state index contributed by atoms with van der Waals surface area (Å²) in [5.41, 5.74) is 32.0. The van der Waals surface area contributed by atoms with Crippen LogP contribution >= 0.6 is 0 Å². The van der Waals surface area contributed by atoms with Gasteiger partial charge in [-0.2, -0.15) is 0 Å². The van der Waals surface area contributed by atoms with E-state index in [1.165, 1.54) is 213 Å². The maximum atomic E-state index is 6.64. The summed E-state index contributed by atoms with van der Waals surface area (Å²) < 4.78 is 19.9. The lowest BCUT2D eigenvalue weighted by atomic mass is 9.83. The SMILES string of the molecule is c1cc(-c2c3ccccc3c(-c3ccc4ccccc4c3)c3ccccc23)cc(-c2cc3ccccc3c3c2oc2ccccc23)c1.c1ccc(-c2ccc(-c3c4ccccc4c(-c4cccc(-c5cc6ccccc6c6c5oc5ccccc56)c4)c4ccccc34)cc2)cc1.c1ccc(-c2ccccc2-c2c3ccccc3c(-c3cccc(-c4cc5ccccc5c5c4oc4ccccc45)c3)c3ccccc23)cc1. The third-order valence-electron chi connectivity index (χ3n) is 29.9. The molecule has 0 N–H and O–H groups in total. The van der Waals surface area contributed by atoms with Crippen molar-refractivity contribution in [3.05, 3.63) is 534 Å². The molecule has 27 aromatic carbocycles. The zero-order valence-corrected chi connectivity index (χ0v) is 79.0. The highest BCUT2D eigenvalue weighted by Crippen LogP contribution is 2.53. The number of para-hydroxylation sites is 3. The van der Waals surface area contributed by atoms with E-state index < -0.39 is 0 Å². The highest BCUT2D eigenvalue weighted by molar-refractivity contribution is 6.30. The summed E-state index contributed by atoms with van der Waals surface area (Å²) in [4.78, 5) is 0. The summed E-state index contributed by atoms with van der Waals surface area (Å²) in [7, 11) is 0. The minimum absolute atomic E-state index is 0.912. The molecule has 0 bridgehead atoms. The van der Waals surface area contributed by atoms with Crippen LogP contribution < -0.4 is 0 Å². The quantitative estimate of drug-likeness (QED) is 0.121. The molecule has 0 saturated heterocycles. The monoisotopic (exact) mass is 1840 g/mol. The predicted octanol–water partition coefficient (Wildman–Crippen LogP) is 40.6. The predicted molar refractivity (Wildman–Crippen MR) is 616 cm³/mol. The Balaban J connectivity index is 0.000000106. The van der Waals surface area contributed by atoms with Crippen molar-refractivity contribution in [1.29, 1.82) is 0 Å². The molecular weight excluding hydrogens is 1750 g/mol. The topological polar surface area (TPSA) is 39.4 Å². The van der Waals surface area contributed by atoms with E-state index >= 15 is 0 Å². The van der Waals surface area contributed by atoms with Crippen molar-refractivity contribution >= 4 is 174 Å². The van der Waals surface area contributed by atoms with Crippen LogP contribution in [0.4, 0.5) is 0 Å². The first-order valence-electron chi connectivity index (χ1n) is 49.9. The normalized spacial score (nSPS) is 11.7. The number of hydrogen-bond acceptors (Lipinski definition) is 3. The lowest BCUT2D eigenvalue weighted by molar-refractivity contribution is 0.670. The van der Waals surface area contributed by atoms with E-state index in [1.807, 2.05) is 18.2 Å². The van der Waals surface area contributed by atoms with Gasteiger partial charge >= 0.3 is 0 Å². The number of rotatable bonds is 11. The van der Waals surface area contributed by atoms with Crippen LogP contribution in [0.1, 0.15) is 0 Å². The van der Waals surface area contributed by atoms with Gasteiger partial charge in [0, 0.05) is 49.0 Å². The van der Waals surface area contributed by atoms with Crippen molar-refractivity contribution in [3.8, 4) is 122 Å². The molecule has 30 aromatic rings. The minimum Gasteiger partial charge on any atom is -0.455 e. The van der Waals surface area contributed by atoms with Gasteiger partial charge in [-0.1, -0.05) is 473 Å².